The Morgan fingerprint density at radius 1 is 1.00 bits per heavy atom. The largest absolute Gasteiger partial charge is 0.444 e. The Balaban J connectivity index is 1.81. The number of aryl methyl sites for hydroxylation is 2. The smallest absolute Gasteiger partial charge is 0.407 e. The summed E-state index contributed by atoms with van der Waals surface area (Å²) in [7, 11) is 0. The number of amides is 2. The van der Waals surface area contributed by atoms with Crippen LogP contribution in [0.5, 0.6) is 0 Å². The van der Waals surface area contributed by atoms with Gasteiger partial charge in [-0.2, -0.15) is 0 Å². The molecule has 0 radical (unpaired) electrons. The first-order valence-corrected chi connectivity index (χ1v) is 11.2. The highest BCUT2D eigenvalue weighted by atomic mass is 16.6. The van der Waals surface area contributed by atoms with E-state index < -0.39 is 11.7 Å². The number of benzene rings is 2. The van der Waals surface area contributed by atoms with Gasteiger partial charge in [0.15, 0.2) is 0 Å². The Kier molecular flexibility index (Phi) is 8.70. The van der Waals surface area contributed by atoms with Gasteiger partial charge in [0.25, 0.3) is 0 Å². The summed E-state index contributed by atoms with van der Waals surface area (Å²) in [5.74, 6) is -0.111. The van der Waals surface area contributed by atoms with Gasteiger partial charge in [0.2, 0.25) is 5.91 Å². The summed E-state index contributed by atoms with van der Waals surface area (Å²) >= 11 is 0. The molecular formula is C26H37N3O3. The van der Waals surface area contributed by atoms with E-state index in [1.807, 2.05) is 65.8 Å². The molecular weight excluding hydrogens is 402 g/mol. The lowest BCUT2D eigenvalue weighted by atomic mass is 9.99. The number of nitrogen functional groups attached to an aromatic ring is 1. The minimum absolute atomic E-state index is 0.00396. The number of nitrogens with two attached hydrogens (primary N) is 1. The van der Waals surface area contributed by atoms with E-state index in [0.717, 1.165) is 52.9 Å². The fourth-order valence-electron chi connectivity index (χ4n) is 3.31. The molecule has 0 spiro atoms. The van der Waals surface area contributed by atoms with E-state index in [2.05, 4.69) is 22.8 Å². The lowest BCUT2D eigenvalue weighted by Gasteiger charge is -2.19. The van der Waals surface area contributed by atoms with Crippen molar-refractivity contribution >= 4 is 23.4 Å². The molecule has 0 saturated carbocycles. The van der Waals surface area contributed by atoms with Gasteiger partial charge in [0.1, 0.15) is 5.60 Å². The summed E-state index contributed by atoms with van der Waals surface area (Å²) in [6, 6.07) is 12.0. The van der Waals surface area contributed by atoms with Gasteiger partial charge in [-0.1, -0.05) is 25.5 Å². The second kappa shape index (κ2) is 11.0. The fraction of sp³-hybridized carbons (Fsp3) is 0.462. The van der Waals surface area contributed by atoms with Crippen LogP contribution in [0.25, 0.3) is 11.1 Å². The molecule has 6 heteroatoms. The maximum Gasteiger partial charge on any atom is 0.407 e. The SMILES string of the molecule is Cc1cc(-c2ccc(NC(=O)C(C)CCCCNC(=O)OC(C)(C)C)c(C)c2)ccc1N. The number of hydrogen-bond donors (Lipinski definition) is 3. The Bertz CT molecular complexity index is 948. The number of nitrogens with one attached hydrogen (secondary N) is 2. The lowest BCUT2D eigenvalue weighted by molar-refractivity contribution is -0.119. The summed E-state index contributed by atoms with van der Waals surface area (Å²) in [6.45, 7) is 12.0. The standard InChI is InChI=1S/C26H37N3O3/c1-17(9-7-8-14-28-25(31)32-26(4,5)6)24(30)29-23-13-11-21(16-19(23)3)20-10-12-22(27)18(2)15-20/h10-13,15-17H,7-9,14,27H2,1-6H3,(H,28,31)(H,29,30). The van der Waals surface area contributed by atoms with Crippen LogP contribution in [0, 0.1) is 19.8 Å². The van der Waals surface area contributed by atoms with Crippen molar-refractivity contribution in [2.24, 2.45) is 5.92 Å². The second-order valence-electron chi connectivity index (χ2n) is 9.42. The van der Waals surface area contributed by atoms with Crippen LogP contribution in [0.3, 0.4) is 0 Å². The van der Waals surface area contributed by atoms with Crippen LogP contribution in [-0.4, -0.2) is 24.1 Å². The molecule has 0 bridgehead atoms. The molecule has 2 aromatic carbocycles. The van der Waals surface area contributed by atoms with E-state index in [0.29, 0.717) is 6.54 Å². The molecule has 0 aromatic heterocycles. The third kappa shape index (κ3) is 7.91. The van der Waals surface area contributed by atoms with Gasteiger partial charge in [-0.15, -0.1) is 0 Å². The molecule has 0 fully saturated rings. The predicted octanol–water partition coefficient (Wildman–Crippen LogP) is 5.82. The first-order chi connectivity index (χ1) is 15.0. The number of rotatable bonds is 8. The Hall–Kier alpha value is -3.02. The summed E-state index contributed by atoms with van der Waals surface area (Å²) in [5.41, 5.74) is 11.3. The molecule has 1 unspecified atom stereocenters. The number of carbonyl (C=O) groups is 2. The molecule has 0 aliphatic heterocycles. The van der Waals surface area contributed by atoms with Crippen LogP contribution in [-0.2, 0) is 9.53 Å². The number of hydrogen-bond acceptors (Lipinski definition) is 4. The normalized spacial score (nSPS) is 12.2. The van der Waals surface area contributed by atoms with Crippen LogP contribution in [0.15, 0.2) is 36.4 Å². The third-order valence-corrected chi connectivity index (χ3v) is 5.27. The van der Waals surface area contributed by atoms with Crippen LogP contribution >= 0.6 is 0 Å². The zero-order valence-corrected chi connectivity index (χ0v) is 20.2. The quantitative estimate of drug-likeness (QED) is 0.357. The van der Waals surface area contributed by atoms with Gasteiger partial charge in [0.05, 0.1) is 0 Å². The monoisotopic (exact) mass is 439 g/mol. The summed E-state index contributed by atoms with van der Waals surface area (Å²) < 4.78 is 5.21. The maximum absolute atomic E-state index is 12.6. The highest BCUT2D eigenvalue weighted by Crippen LogP contribution is 2.27. The Labute approximate surface area is 191 Å². The fourth-order valence-corrected chi connectivity index (χ4v) is 3.31. The third-order valence-electron chi connectivity index (χ3n) is 5.27. The number of anilines is 2. The van der Waals surface area contributed by atoms with Crippen molar-refractivity contribution < 1.29 is 14.3 Å². The van der Waals surface area contributed by atoms with E-state index in [1.54, 1.807) is 0 Å². The minimum Gasteiger partial charge on any atom is -0.444 e. The number of alkyl carbamates (subject to hydrolysis) is 1. The van der Waals surface area contributed by atoms with Crippen LogP contribution < -0.4 is 16.4 Å². The molecule has 0 aliphatic carbocycles. The van der Waals surface area contributed by atoms with Gasteiger partial charge in [-0.05, 0) is 94.0 Å². The first-order valence-electron chi connectivity index (χ1n) is 11.2. The number of ether oxygens (including phenoxy) is 1. The van der Waals surface area contributed by atoms with Gasteiger partial charge in [-0.25, -0.2) is 4.79 Å². The van der Waals surface area contributed by atoms with Crippen molar-refractivity contribution in [2.75, 3.05) is 17.6 Å². The van der Waals surface area contributed by atoms with Gasteiger partial charge in [-0.3, -0.25) is 4.79 Å². The second-order valence-corrected chi connectivity index (χ2v) is 9.42. The summed E-state index contributed by atoms with van der Waals surface area (Å²) in [6.07, 6.45) is 1.99. The summed E-state index contributed by atoms with van der Waals surface area (Å²) in [5, 5.41) is 5.79. The van der Waals surface area contributed by atoms with E-state index in [-0.39, 0.29) is 11.8 Å². The van der Waals surface area contributed by atoms with E-state index in [1.165, 1.54) is 0 Å². The Morgan fingerprint density at radius 2 is 1.62 bits per heavy atom. The van der Waals surface area contributed by atoms with Crippen molar-refractivity contribution in [2.45, 2.75) is 66.4 Å². The van der Waals surface area contributed by atoms with Crippen molar-refractivity contribution in [3.63, 3.8) is 0 Å². The van der Waals surface area contributed by atoms with Crippen LogP contribution in [0.1, 0.15) is 58.1 Å². The average Bonchev–Trinajstić information content (AvgIpc) is 2.69. The highest BCUT2D eigenvalue weighted by Gasteiger charge is 2.16. The van der Waals surface area contributed by atoms with E-state index in [9.17, 15) is 9.59 Å². The first kappa shape index (κ1) is 25.2. The zero-order chi connectivity index (χ0) is 23.9. The minimum atomic E-state index is -0.499. The van der Waals surface area contributed by atoms with Gasteiger partial charge < -0.3 is 21.1 Å². The summed E-state index contributed by atoms with van der Waals surface area (Å²) in [4.78, 5) is 24.3. The number of unbranched alkanes of at least 4 members (excludes halogenated alkanes) is 1. The predicted molar refractivity (Wildman–Crippen MR) is 132 cm³/mol. The van der Waals surface area contributed by atoms with Crippen molar-refractivity contribution in [3.8, 4) is 11.1 Å². The molecule has 0 heterocycles. The molecule has 1 atom stereocenters. The van der Waals surface area contributed by atoms with E-state index in [4.69, 9.17) is 10.5 Å². The topological polar surface area (TPSA) is 93.5 Å². The molecule has 174 valence electrons. The molecule has 32 heavy (non-hydrogen) atoms. The molecule has 0 saturated heterocycles. The van der Waals surface area contributed by atoms with Gasteiger partial charge in [0, 0.05) is 23.8 Å². The van der Waals surface area contributed by atoms with Crippen molar-refractivity contribution in [1.29, 1.82) is 0 Å². The van der Waals surface area contributed by atoms with Crippen molar-refractivity contribution in [1.82, 2.24) is 5.32 Å². The molecule has 4 N–H and O–H groups in total. The maximum atomic E-state index is 12.6. The van der Waals surface area contributed by atoms with Crippen LogP contribution in [0.2, 0.25) is 0 Å². The molecule has 2 aromatic rings. The lowest BCUT2D eigenvalue weighted by Crippen LogP contribution is -2.33. The van der Waals surface area contributed by atoms with Crippen LogP contribution in [0.4, 0.5) is 16.2 Å². The van der Waals surface area contributed by atoms with Gasteiger partial charge >= 0.3 is 6.09 Å². The highest BCUT2D eigenvalue weighted by molar-refractivity contribution is 5.93. The number of carbonyl (C=O) groups excluding carboxylic acids is 2. The average molecular weight is 440 g/mol. The van der Waals surface area contributed by atoms with Crippen molar-refractivity contribution in [3.05, 3.63) is 47.5 Å². The molecule has 2 amide bonds. The van der Waals surface area contributed by atoms with E-state index >= 15 is 0 Å². The Morgan fingerprint density at radius 3 is 2.22 bits per heavy atom. The molecule has 0 aliphatic rings. The zero-order valence-electron chi connectivity index (χ0n) is 20.2. The molecule has 6 nitrogen and oxygen atoms in total. The molecule has 2 rings (SSSR count).